The van der Waals surface area contributed by atoms with Gasteiger partial charge < -0.3 is 19.5 Å². The zero-order valence-electron chi connectivity index (χ0n) is 34.0. The number of fused-ring (bicyclic) bond motifs is 2. The van der Waals surface area contributed by atoms with Crippen molar-refractivity contribution in [1.29, 1.82) is 0 Å². The molecule has 326 valence electrons. The number of carboxylic acid groups (broad SMARTS) is 1. The summed E-state index contributed by atoms with van der Waals surface area (Å²) < 4.78 is 113. The van der Waals surface area contributed by atoms with Gasteiger partial charge in [0.05, 0.1) is 35.0 Å². The molecule has 0 saturated heterocycles. The molecule has 0 fully saturated rings. The topological polar surface area (TPSA) is 225 Å². The Morgan fingerprint density at radius 2 is 1.44 bits per heavy atom. The number of rotatable bonds is 24. The summed E-state index contributed by atoms with van der Waals surface area (Å²) in [7, 11) is -9.84. The van der Waals surface area contributed by atoms with E-state index in [0.717, 1.165) is 22.5 Å². The molecule has 2 aromatic carbocycles. The van der Waals surface area contributed by atoms with Crippen molar-refractivity contribution >= 4 is 53.4 Å². The fourth-order valence-electron chi connectivity index (χ4n) is 8.15. The Morgan fingerprint density at radius 3 is 2.05 bits per heavy atom. The van der Waals surface area contributed by atoms with Crippen LogP contribution in [0.4, 0.5) is 11.4 Å². The average molecular weight is 882 g/mol. The number of nitrogens with zero attached hydrogens (tertiary/aromatic N) is 2. The lowest BCUT2D eigenvalue weighted by Crippen LogP contribution is -2.32. The molecule has 2 atom stereocenters. The van der Waals surface area contributed by atoms with Crippen LogP contribution in [0.3, 0.4) is 0 Å². The summed E-state index contributed by atoms with van der Waals surface area (Å²) >= 11 is 0. The fraction of sp³-hybridized carbons (Fsp3) is 0.512. The minimum Gasteiger partial charge on any atom is -0.481 e. The maximum atomic E-state index is 12.3. The predicted octanol–water partition coefficient (Wildman–Crippen LogP) is 5.88. The summed E-state index contributed by atoms with van der Waals surface area (Å²) in [5, 5.41) is 9.13. The van der Waals surface area contributed by atoms with Crippen LogP contribution in [0.2, 0.25) is 0 Å². The zero-order chi connectivity index (χ0) is 43.6. The van der Waals surface area contributed by atoms with Gasteiger partial charge in [-0.05, 0) is 94.2 Å². The van der Waals surface area contributed by atoms with Crippen LogP contribution in [-0.2, 0) is 61.9 Å². The first-order valence-electron chi connectivity index (χ1n) is 19.5. The molecule has 0 radical (unpaired) electrons. The number of hydrogen-bond acceptors (Lipinski definition) is 10. The molecule has 59 heavy (non-hydrogen) atoms. The Bertz CT molecular complexity index is 2300. The second-order valence-corrected chi connectivity index (χ2v) is 19.9. The van der Waals surface area contributed by atoms with Gasteiger partial charge in [-0.25, -0.2) is 0 Å². The van der Waals surface area contributed by atoms with Crippen LogP contribution < -0.4 is 4.90 Å². The van der Waals surface area contributed by atoms with E-state index >= 15 is 0 Å². The van der Waals surface area contributed by atoms with E-state index in [1.54, 1.807) is 26.4 Å². The van der Waals surface area contributed by atoms with E-state index < -0.39 is 58.7 Å². The number of allylic oxidation sites excluding steroid dienone is 6. The molecule has 2 unspecified atom stereocenters. The van der Waals surface area contributed by atoms with E-state index in [9.17, 15) is 43.7 Å². The zero-order valence-corrected chi connectivity index (χ0v) is 36.5. The summed E-state index contributed by atoms with van der Waals surface area (Å²) in [6.45, 7) is 5.78. The Labute approximate surface area is 348 Å². The number of benzene rings is 2. The normalized spacial score (nSPS) is 20.4. The molecule has 0 amide bonds. The van der Waals surface area contributed by atoms with E-state index in [1.165, 1.54) is 12.1 Å². The number of carboxylic acids is 1. The molecule has 18 heteroatoms. The standard InChI is InChI=1S/C41H56N2O13S3/c1-40(21-11-27-57(46,47)48)33-29-31(20-25-55-3)16-18-35(33)43(24-26-56-4)38(40)14-8-5-7-13-37-41(2,22-12-28-58(49,50)51)34-30-32(59(52,53)54)17-19-36(34)42(37)23-10-6-9-15-39(44)45/h5,7-8,13-14,16-19,29-30H,6,9-12,15,20-28H2,1-4H3,(H3-,44,45,46,47,48,49,50,51,52,53,54)/p+1. The first kappa shape index (κ1) is 47.9. The summed E-state index contributed by atoms with van der Waals surface area (Å²) in [6.07, 6.45) is 12.5. The molecule has 2 aliphatic heterocycles. The van der Waals surface area contributed by atoms with Crippen LogP contribution in [0, 0.1) is 0 Å². The smallest absolute Gasteiger partial charge is 0.303 e. The van der Waals surface area contributed by atoms with Gasteiger partial charge in [-0.2, -0.15) is 29.8 Å². The maximum Gasteiger partial charge on any atom is 0.303 e. The van der Waals surface area contributed by atoms with Gasteiger partial charge in [0, 0.05) is 68.1 Å². The van der Waals surface area contributed by atoms with Gasteiger partial charge in [0.2, 0.25) is 5.69 Å². The molecule has 0 spiro atoms. The highest BCUT2D eigenvalue weighted by atomic mass is 32.2. The number of aliphatic carboxylic acids is 1. The van der Waals surface area contributed by atoms with Crippen LogP contribution in [0.25, 0.3) is 0 Å². The SMILES string of the molecule is COCCc1ccc2c(c1)C(C)(CCCS(=O)(=O)O)C(=CC=CC=CC1=[N+](CCCCCC(=O)O)c3ccc(S(=O)(=O)O)cc3C1(C)CCCS(=O)(=O)O)N2CCOC. The second-order valence-electron chi connectivity index (χ2n) is 15.4. The summed E-state index contributed by atoms with van der Waals surface area (Å²) in [5.41, 5.74) is 4.20. The highest BCUT2D eigenvalue weighted by molar-refractivity contribution is 7.86. The van der Waals surface area contributed by atoms with Crippen molar-refractivity contribution in [2.24, 2.45) is 0 Å². The number of unbranched alkanes of at least 4 members (excludes halogenated alkanes) is 2. The minimum absolute atomic E-state index is 0.0149. The Balaban J connectivity index is 1.80. The van der Waals surface area contributed by atoms with E-state index in [4.69, 9.17) is 14.6 Å². The van der Waals surface area contributed by atoms with E-state index in [0.29, 0.717) is 75.4 Å². The minimum atomic E-state index is -4.59. The van der Waals surface area contributed by atoms with Crippen molar-refractivity contribution in [2.75, 3.05) is 56.9 Å². The summed E-state index contributed by atoms with van der Waals surface area (Å²) in [6, 6.07) is 10.5. The third-order valence-corrected chi connectivity index (χ3v) is 13.5. The van der Waals surface area contributed by atoms with Gasteiger partial charge in [0.15, 0.2) is 5.71 Å². The van der Waals surface area contributed by atoms with Gasteiger partial charge in [-0.3, -0.25) is 18.5 Å². The lowest BCUT2D eigenvalue weighted by atomic mass is 9.76. The van der Waals surface area contributed by atoms with Crippen molar-refractivity contribution in [3.63, 3.8) is 0 Å². The van der Waals surface area contributed by atoms with Crippen LogP contribution in [-0.4, -0.2) is 112 Å². The van der Waals surface area contributed by atoms with Gasteiger partial charge in [0.25, 0.3) is 30.4 Å². The maximum absolute atomic E-state index is 12.3. The van der Waals surface area contributed by atoms with Gasteiger partial charge in [0.1, 0.15) is 6.54 Å². The van der Waals surface area contributed by atoms with Crippen LogP contribution in [0.1, 0.15) is 81.9 Å². The molecular weight excluding hydrogens is 825 g/mol. The van der Waals surface area contributed by atoms with E-state index in [1.807, 2.05) is 47.9 Å². The average Bonchev–Trinajstić information content (AvgIpc) is 3.50. The molecule has 2 aromatic rings. The molecule has 0 bridgehead atoms. The highest BCUT2D eigenvalue weighted by Gasteiger charge is 2.48. The van der Waals surface area contributed by atoms with Crippen molar-refractivity contribution in [2.45, 2.75) is 87.4 Å². The first-order valence-corrected chi connectivity index (χ1v) is 24.1. The van der Waals surface area contributed by atoms with Crippen molar-refractivity contribution < 1.29 is 62.9 Å². The monoisotopic (exact) mass is 881 g/mol. The van der Waals surface area contributed by atoms with Crippen LogP contribution in [0.5, 0.6) is 0 Å². The van der Waals surface area contributed by atoms with E-state index in [2.05, 4.69) is 17.9 Å². The fourth-order valence-corrected chi connectivity index (χ4v) is 9.68. The second kappa shape index (κ2) is 20.2. The van der Waals surface area contributed by atoms with Gasteiger partial charge >= 0.3 is 5.97 Å². The molecule has 15 nitrogen and oxygen atoms in total. The van der Waals surface area contributed by atoms with Gasteiger partial charge in [-0.15, -0.1) is 0 Å². The van der Waals surface area contributed by atoms with Crippen molar-refractivity contribution in [3.8, 4) is 0 Å². The number of carbonyl (C=O) groups is 1. The Hall–Kier alpha value is -3.75. The largest absolute Gasteiger partial charge is 0.481 e. The predicted molar refractivity (Wildman–Crippen MR) is 226 cm³/mol. The molecule has 4 N–H and O–H groups in total. The van der Waals surface area contributed by atoms with Crippen molar-refractivity contribution in [3.05, 3.63) is 89.2 Å². The van der Waals surface area contributed by atoms with Crippen LogP contribution >= 0.6 is 0 Å². The first-order chi connectivity index (χ1) is 27.6. The number of anilines is 1. The molecule has 0 saturated carbocycles. The number of ether oxygens (including phenoxy) is 2. The van der Waals surface area contributed by atoms with E-state index in [-0.39, 0.29) is 30.6 Å². The van der Waals surface area contributed by atoms with Gasteiger partial charge in [-0.1, -0.05) is 30.4 Å². The summed E-state index contributed by atoms with van der Waals surface area (Å²) in [4.78, 5) is 13.0. The molecule has 2 aliphatic rings. The quantitative estimate of drug-likeness (QED) is 0.0418. The third-order valence-electron chi connectivity index (χ3n) is 11.1. The molecule has 0 aromatic heterocycles. The van der Waals surface area contributed by atoms with Crippen molar-refractivity contribution in [1.82, 2.24) is 0 Å². The third kappa shape index (κ3) is 12.6. The number of hydrogen-bond donors (Lipinski definition) is 4. The molecular formula is C41H57N2O13S3+. The molecule has 0 aliphatic carbocycles. The Kier molecular flexibility index (Phi) is 16.4. The highest BCUT2D eigenvalue weighted by Crippen LogP contribution is 2.51. The Morgan fingerprint density at radius 1 is 0.780 bits per heavy atom. The summed E-state index contributed by atoms with van der Waals surface area (Å²) in [5.74, 6) is -1.81. The number of methoxy groups -OCH3 is 2. The molecule has 2 heterocycles. The lowest BCUT2D eigenvalue weighted by molar-refractivity contribution is -0.438. The lowest BCUT2D eigenvalue weighted by Gasteiger charge is -2.30. The van der Waals surface area contributed by atoms with Crippen LogP contribution in [0.15, 0.2) is 77.4 Å². The molecule has 4 rings (SSSR count).